The zero-order valence-electron chi connectivity index (χ0n) is 22.5. The van der Waals surface area contributed by atoms with Crippen molar-refractivity contribution in [3.63, 3.8) is 0 Å². The lowest BCUT2D eigenvalue weighted by molar-refractivity contribution is -0.0548. The van der Waals surface area contributed by atoms with Gasteiger partial charge in [0.05, 0.1) is 25.9 Å². The summed E-state index contributed by atoms with van der Waals surface area (Å²) in [6.07, 6.45) is -10.2. The van der Waals surface area contributed by atoms with Crippen LogP contribution in [0.15, 0.2) is 30.0 Å². The van der Waals surface area contributed by atoms with Crippen LogP contribution in [-0.2, 0) is 36.7 Å². The second kappa shape index (κ2) is 11.0. The Bertz CT molecular complexity index is 1950. The number of nitrogens with two attached hydrogens (primary N) is 1. The van der Waals surface area contributed by atoms with Crippen LogP contribution in [0.5, 0.6) is 0 Å². The van der Waals surface area contributed by atoms with E-state index in [1.54, 1.807) is 0 Å². The fourth-order valence-corrected chi connectivity index (χ4v) is 7.42. The van der Waals surface area contributed by atoms with E-state index in [1.807, 2.05) is 0 Å². The van der Waals surface area contributed by atoms with Crippen molar-refractivity contribution in [1.29, 1.82) is 0 Å². The summed E-state index contributed by atoms with van der Waals surface area (Å²) in [4.78, 5) is 30.1. The molecular formula is C21H19B2F3N8O9P2. The minimum Gasteiger partial charge on any atom is -0.382 e. The van der Waals surface area contributed by atoms with Gasteiger partial charge in [-0.2, -0.15) is 0 Å². The van der Waals surface area contributed by atoms with Gasteiger partial charge in [0.15, 0.2) is 47.7 Å². The average Bonchev–Trinajstić information content (AvgIpc) is 3.71. The van der Waals surface area contributed by atoms with E-state index in [0.717, 1.165) is 23.4 Å². The molecule has 0 amide bonds. The van der Waals surface area contributed by atoms with Gasteiger partial charge < -0.3 is 38.3 Å². The Morgan fingerprint density at radius 3 is 2.13 bits per heavy atom. The van der Waals surface area contributed by atoms with Crippen LogP contribution in [0.4, 0.5) is 19.0 Å². The van der Waals surface area contributed by atoms with Gasteiger partial charge in [0, 0.05) is 6.20 Å². The molecule has 0 saturated carbocycles. The van der Waals surface area contributed by atoms with Gasteiger partial charge in [0.1, 0.15) is 41.6 Å². The Labute approximate surface area is 251 Å². The fourth-order valence-electron chi connectivity index (χ4n) is 5.41. The highest BCUT2D eigenvalue weighted by molar-refractivity contribution is 7.79. The number of nitrogen functional groups attached to an aromatic ring is 1. The number of hydrogen-bond donors (Lipinski definition) is 2. The van der Waals surface area contributed by atoms with E-state index in [2.05, 4.69) is 24.9 Å². The van der Waals surface area contributed by atoms with E-state index in [0.29, 0.717) is 0 Å². The number of hydrogen-bond acceptors (Lipinski definition) is 14. The van der Waals surface area contributed by atoms with Crippen LogP contribution >= 0.6 is 14.9 Å². The van der Waals surface area contributed by atoms with Crippen molar-refractivity contribution in [2.24, 2.45) is 0 Å². The Morgan fingerprint density at radius 2 is 1.51 bits per heavy atom. The van der Waals surface area contributed by atoms with Crippen LogP contribution in [0, 0.1) is 5.82 Å². The highest BCUT2D eigenvalue weighted by atomic mass is 31.2. The fraction of sp³-hybridized carbons (Fsp3) is 0.476. The Balaban J connectivity index is 1.17. The number of ether oxygens (including phenoxy) is 2. The van der Waals surface area contributed by atoms with E-state index < -0.39 is 94.1 Å². The van der Waals surface area contributed by atoms with Crippen LogP contribution in [0.1, 0.15) is 12.5 Å². The lowest BCUT2D eigenvalue weighted by Crippen LogP contribution is -2.37. The molecule has 2 unspecified atom stereocenters. The molecule has 45 heavy (non-hydrogen) atoms. The number of anilines is 1. The summed E-state index contributed by atoms with van der Waals surface area (Å²) in [7, 11) is 2.20. The predicted octanol–water partition coefficient (Wildman–Crippen LogP) is 1.13. The Morgan fingerprint density at radius 1 is 0.911 bits per heavy atom. The topological polar surface area (TPSA) is 210 Å². The van der Waals surface area contributed by atoms with Crippen molar-refractivity contribution in [3.8, 4) is 0 Å². The van der Waals surface area contributed by atoms with Gasteiger partial charge in [-0.15, -0.1) is 0 Å². The van der Waals surface area contributed by atoms with Crippen LogP contribution < -0.4 is 11.3 Å². The van der Waals surface area contributed by atoms with Crippen LogP contribution in [0.2, 0.25) is 0 Å². The number of nitrogens with zero attached hydrogens (tertiary/aromatic N) is 6. The minimum atomic E-state index is -4.69. The maximum Gasteiger partial charge on any atom is 0.264 e. The molecule has 0 aromatic carbocycles. The van der Waals surface area contributed by atoms with Crippen molar-refractivity contribution in [3.05, 3.63) is 41.3 Å². The smallest absolute Gasteiger partial charge is 0.264 e. The van der Waals surface area contributed by atoms with Gasteiger partial charge >= 0.3 is 0 Å². The molecular weight excluding hydrogens is 649 g/mol. The predicted molar refractivity (Wildman–Crippen MR) is 146 cm³/mol. The van der Waals surface area contributed by atoms with Gasteiger partial charge in [-0.05, 0) is 0 Å². The zero-order chi connectivity index (χ0) is 31.8. The molecule has 3 N–H and O–H groups in total. The molecule has 17 nitrogen and oxygen atoms in total. The molecule has 0 spiro atoms. The lowest BCUT2D eigenvalue weighted by atomic mass is 10.1. The molecule has 7 rings (SSSR count). The average molecular weight is 668 g/mol. The first-order valence-electron chi connectivity index (χ1n) is 13.0. The number of halogens is 3. The van der Waals surface area contributed by atoms with Crippen molar-refractivity contribution < 1.29 is 49.9 Å². The molecule has 3 fully saturated rings. The van der Waals surface area contributed by atoms with Crippen molar-refractivity contribution >= 4 is 58.1 Å². The minimum absolute atomic E-state index is 0.0144. The number of rotatable bonds is 2. The first-order chi connectivity index (χ1) is 21.3. The second-order valence-corrected chi connectivity index (χ2v) is 13.3. The van der Waals surface area contributed by atoms with Gasteiger partial charge in [-0.25, -0.2) is 33.1 Å². The number of H-pyrrole nitrogens is 1. The highest BCUT2D eigenvalue weighted by Gasteiger charge is 2.53. The molecule has 10 atom stereocenters. The number of fused-ring (bicyclic) bond motifs is 4. The summed E-state index contributed by atoms with van der Waals surface area (Å²) in [6.45, 7) is -1.61. The third kappa shape index (κ3) is 5.32. The molecule has 0 bridgehead atoms. The quantitative estimate of drug-likeness (QED) is 0.227. The maximum atomic E-state index is 15.9. The van der Waals surface area contributed by atoms with Gasteiger partial charge in [-0.3, -0.25) is 23.1 Å². The maximum absolute atomic E-state index is 15.9. The molecule has 3 aliphatic heterocycles. The van der Waals surface area contributed by atoms with E-state index in [-0.39, 0.29) is 22.6 Å². The largest absolute Gasteiger partial charge is 0.382 e. The Kier molecular flexibility index (Phi) is 7.48. The van der Waals surface area contributed by atoms with Crippen LogP contribution in [-0.4, -0.2) is 99.2 Å². The first-order valence-corrected chi connectivity index (χ1v) is 16.2. The van der Waals surface area contributed by atoms with Crippen LogP contribution in [0.3, 0.4) is 0 Å². The molecule has 4 radical (unpaired) electrons. The zero-order valence-corrected chi connectivity index (χ0v) is 24.2. The van der Waals surface area contributed by atoms with E-state index in [9.17, 15) is 18.3 Å². The molecule has 3 aliphatic rings. The van der Waals surface area contributed by atoms with Gasteiger partial charge in [0.2, 0.25) is 15.1 Å². The molecule has 234 valence electrons. The number of imidazole rings is 1. The normalized spacial score (nSPS) is 37.7. The van der Waals surface area contributed by atoms with E-state index in [4.69, 9.17) is 48.4 Å². The van der Waals surface area contributed by atoms with Gasteiger partial charge in [-0.1, -0.05) is 0 Å². The lowest BCUT2D eigenvalue weighted by Gasteiger charge is -2.29. The van der Waals surface area contributed by atoms with E-state index in [1.165, 1.54) is 10.9 Å². The van der Waals surface area contributed by atoms with Crippen molar-refractivity contribution in [1.82, 2.24) is 34.1 Å². The molecule has 4 aromatic heterocycles. The molecule has 4 aromatic rings. The summed E-state index contributed by atoms with van der Waals surface area (Å²) in [5.74, 6) is -1.02. The summed E-state index contributed by atoms with van der Waals surface area (Å²) in [6, 6.07) is 0. The third-order valence-electron chi connectivity index (χ3n) is 7.41. The molecule has 3 saturated heterocycles. The SMILES string of the molecule is [B][P@]1(=O)OC[C@H]2O[C@@H](n3cnc4c(N)ncnc43)[C@@H](F)C2O[P@]([B])(=O)OC[C@H]2O[C@@H](n3cc(F)c4c(=O)[nH]cnc43)[C@@H](F)C2O1. The standard InChI is InChI=1S/C21H19B2F3N8O9P2/c22-44(36)39-3-9-15(12(26)21(41-9)34-6-32-13-16(27)28-4-30-18(13)34)43-45(23,37)38-2-8-14(42-44)11(25)20(40-8)33-1-7(24)10-17(33)29-5-31-19(10)35/h1,4-6,8-9,11-12,14-15,20-21H,2-3H2,(H2,27,28,30)(H,29,31,35)/t8-,9-,11+,12+,14?,15?,20-,21-,44+,45-/m1/s1. The monoisotopic (exact) mass is 668 g/mol. The van der Waals surface area contributed by atoms with Gasteiger partial charge in [0.25, 0.3) is 20.5 Å². The molecule has 7 heterocycles. The Hall–Kier alpha value is -3.09. The third-order valence-corrected chi connectivity index (χ3v) is 9.51. The number of aromatic nitrogens is 7. The first kappa shape index (κ1) is 30.6. The highest BCUT2D eigenvalue weighted by Crippen LogP contribution is 2.54. The molecule has 0 aliphatic carbocycles. The number of alkyl halides is 2. The molecule has 24 heteroatoms. The second-order valence-electron chi connectivity index (χ2n) is 10.2. The number of aromatic amines is 1. The summed E-state index contributed by atoms with van der Waals surface area (Å²) in [5, 5.41) is -0.478. The number of nitrogens with one attached hydrogen (secondary N) is 1. The van der Waals surface area contributed by atoms with Crippen molar-refractivity contribution in [2.45, 2.75) is 49.2 Å². The van der Waals surface area contributed by atoms with Crippen LogP contribution in [0.25, 0.3) is 22.2 Å². The summed E-state index contributed by atoms with van der Waals surface area (Å²) >= 11 is 0. The van der Waals surface area contributed by atoms with Crippen molar-refractivity contribution in [2.75, 3.05) is 18.9 Å². The summed E-state index contributed by atoms with van der Waals surface area (Å²) < 4.78 is 107. The summed E-state index contributed by atoms with van der Waals surface area (Å²) in [5.41, 5.74) is 4.93. The van der Waals surface area contributed by atoms with E-state index >= 15 is 8.78 Å².